The van der Waals surface area contributed by atoms with Gasteiger partial charge < -0.3 is 19.1 Å². The summed E-state index contributed by atoms with van der Waals surface area (Å²) in [5.41, 5.74) is 0.759. The zero-order valence-corrected chi connectivity index (χ0v) is 20.3. The summed E-state index contributed by atoms with van der Waals surface area (Å²) in [6, 6.07) is 21.2. The van der Waals surface area contributed by atoms with Gasteiger partial charge in [0.2, 0.25) is 0 Å². The lowest BCUT2D eigenvalue weighted by Crippen LogP contribution is -2.61. The lowest BCUT2D eigenvalue weighted by atomic mass is 9.85. The summed E-state index contributed by atoms with van der Waals surface area (Å²) in [6.07, 6.45) is 8.34. The highest BCUT2D eigenvalue weighted by Gasteiger charge is 2.54. The molecule has 3 heterocycles. The number of hydrogen-bond donors (Lipinski definition) is 1. The molecule has 0 amide bonds. The fraction of sp³-hybridized carbons (Fsp3) is 0.500. The van der Waals surface area contributed by atoms with Gasteiger partial charge in [-0.15, -0.1) is 11.8 Å². The lowest BCUT2D eigenvalue weighted by Gasteiger charge is -2.48. The maximum Gasteiger partial charge on any atom is 0.193 e. The molecule has 5 rings (SSSR count). The Morgan fingerprint density at radius 1 is 0.939 bits per heavy atom. The average molecular weight is 467 g/mol. The van der Waals surface area contributed by atoms with Gasteiger partial charge in [-0.05, 0) is 29.0 Å². The van der Waals surface area contributed by atoms with E-state index in [0.29, 0.717) is 18.0 Å². The van der Waals surface area contributed by atoms with E-state index in [0.717, 1.165) is 29.7 Å². The molecule has 0 aliphatic carbocycles. The van der Waals surface area contributed by atoms with Gasteiger partial charge in [-0.25, -0.2) is 0 Å². The van der Waals surface area contributed by atoms with Crippen LogP contribution in [0.5, 0.6) is 0 Å². The molecule has 176 valence electrons. The van der Waals surface area contributed by atoms with E-state index >= 15 is 0 Å². The van der Waals surface area contributed by atoms with E-state index in [9.17, 15) is 5.11 Å². The van der Waals surface area contributed by atoms with Crippen LogP contribution in [0.1, 0.15) is 43.7 Å². The number of ether oxygens (including phenoxy) is 2. The number of hydrogen-bond acceptors (Lipinski definition) is 4. The van der Waals surface area contributed by atoms with Crippen molar-refractivity contribution in [3.05, 3.63) is 83.9 Å². The minimum absolute atomic E-state index is 0.0172. The fourth-order valence-electron chi connectivity index (χ4n) is 6.31. The number of piperidine rings is 1. The molecule has 2 fully saturated rings. The summed E-state index contributed by atoms with van der Waals surface area (Å²) in [5, 5.41) is 11.8. The molecule has 1 N–H and O–H groups in total. The Balaban J connectivity index is 1.44. The van der Waals surface area contributed by atoms with Crippen LogP contribution >= 0.6 is 11.8 Å². The molecule has 0 aromatic heterocycles. The first-order chi connectivity index (χ1) is 16.2. The van der Waals surface area contributed by atoms with Crippen LogP contribution in [0.15, 0.2) is 72.8 Å². The van der Waals surface area contributed by atoms with Crippen LogP contribution in [-0.2, 0) is 15.1 Å². The van der Waals surface area contributed by atoms with Crippen molar-refractivity contribution < 1.29 is 19.1 Å². The zero-order chi connectivity index (χ0) is 22.7. The summed E-state index contributed by atoms with van der Waals surface area (Å²) in [7, 11) is 0. The van der Waals surface area contributed by atoms with Crippen LogP contribution in [0.2, 0.25) is 0 Å². The highest BCUT2D eigenvalue weighted by molar-refractivity contribution is 7.99. The van der Waals surface area contributed by atoms with Crippen molar-refractivity contribution in [2.45, 2.75) is 62.7 Å². The summed E-state index contributed by atoms with van der Waals surface area (Å²) < 4.78 is 14.4. The van der Waals surface area contributed by atoms with Crippen LogP contribution in [0.3, 0.4) is 0 Å². The minimum Gasteiger partial charge on any atom is -0.365 e. The van der Waals surface area contributed by atoms with Gasteiger partial charge in [0.15, 0.2) is 11.9 Å². The summed E-state index contributed by atoms with van der Waals surface area (Å²) >= 11 is 1.71. The van der Waals surface area contributed by atoms with Gasteiger partial charge in [0.25, 0.3) is 0 Å². The van der Waals surface area contributed by atoms with E-state index in [1.807, 2.05) is 60.7 Å². The van der Waals surface area contributed by atoms with Crippen molar-refractivity contribution in [2.75, 3.05) is 24.8 Å². The average Bonchev–Trinajstić information content (AvgIpc) is 3.39. The third kappa shape index (κ3) is 4.19. The van der Waals surface area contributed by atoms with Gasteiger partial charge >= 0.3 is 0 Å². The van der Waals surface area contributed by atoms with Crippen molar-refractivity contribution in [1.82, 2.24) is 0 Å². The summed E-state index contributed by atoms with van der Waals surface area (Å²) in [5.74, 6) is 1.44. The van der Waals surface area contributed by atoms with Crippen molar-refractivity contribution in [1.29, 1.82) is 0 Å². The van der Waals surface area contributed by atoms with Gasteiger partial charge in [-0.2, -0.15) is 0 Å². The lowest BCUT2D eigenvalue weighted by molar-refractivity contribution is -0.951. The maximum atomic E-state index is 11.8. The van der Waals surface area contributed by atoms with Gasteiger partial charge in [0.1, 0.15) is 12.1 Å². The van der Waals surface area contributed by atoms with Crippen LogP contribution in [0.25, 0.3) is 0 Å². The summed E-state index contributed by atoms with van der Waals surface area (Å²) in [4.78, 5) is 0. The largest absolute Gasteiger partial charge is 0.365 e. The Morgan fingerprint density at radius 3 is 2.00 bits per heavy atom. The van der Waals surface area contributed by atoms with E-state index in [2.05, 4.69) is 19.1 Å². The first-order valence-electron chi connectivity index (χ1n) is 12.4. The number of quaternary nitrogens is 1. The van der Waals surface area contributed by atoms with Crippen LogP contribution < -0.4 is 0 Å². The molecule has 3 atom stereocenters. The van der Waals surface area contributed by atoms with Crippen molar-refractivity contribution in [3.63, 3.8) is 0 Å². The molecule has 2 saturated heterocycles. The zero-order valence-electron chi connectivity index (χ0n) is 19.5. The number of thioether (sulfide) groups is 1. The fourth-order valence-corrected chi connectivity index (χ4v) is 6.75. The Bertz CT molecular complexity index is 871. The minimum atomic E-state index is -1.10. The molecular weight excluding hydrogens is 430 g/mol. The van der Waals surface area contributed by atoms with Gasteiger partial charge in [0, 0.05) is 25.7 Å². The van der Waals surface area contributed by atoms with Crippen LogP contribution in [0, 0.1) is 0 Å². The molecular formula is C28H36NO3S+. The SMILES string of the molecule is CCSCOC(c1ccccc1)(c1ccccc1)C(O)OC1CC2C=CC(C1)[N+]21CCCC1. The topological polar surface area (TPSA) is 38.7 Å². The van der Waals surface area contributed by atoms with E-state index in [1.165, 1.54) is 30.4 Å². The van der Waals surface area contributed by atoms with Gasteiger partial charge in [-0.3, -0.25) is 0 Å². The van der Waals surface area contributed by atoms with Crippen molar-refractivity contribution in [2.24, 2.45) is 0 Å². The highest BCUT2D eigenvalue weighted by atomic mass is 32.2. The third-order valence-corrected chi connectivity index (χ3v) is 8.63. The standard InChI is InChI=1S/C28H36NO3S/c1-2-33-21-31-28(22-11-5-3-6-12-22,23-13-7-4-8-14-23)27(30)32-26-19-24-15-16-25(20-26)29(24)17-9-10-18-29/h3-8,11-16,24-27,30H,2,9-10,17-21H2,1H3/q+1. The second-order valence-electron chi connectivity index (χ2n) is 9.58. The first-order valence-corrected chi connectivity index (χ1v) is 13.6. The Hall–Kier alpha value is -1.63. The molecule has 1 spiro atoms. The van der Waals surface area contributed by atoms with E-state index in [1.54, 1.807) is 11.8 Å². The van der Waals surface area contributed by atoms with Crippen molar-refractivity contribution >= 4 is 11.8 Å². The molecule has 2 bridgehead atoms. The predicted molar refractivity (Wildman–Crippen MR) is 134 cm³/mol. The van der Waals surface area contributed by atoms with Crippen LogP contribution in [-0.4, -0.2) is 58.8 Å². The van der Waals surface area contributed by atoms with Crippen LogP contribution in [0.4, 0.5) is 0 Å². The Labute approximate surface area is 202 Å². The highest BCUT2D eigenvalue weighted by Crippen LogP contribution is 2.45. The normalized spacial score (nSPS) is 26.7. The number of aliphatic hydroxyl groups excluding tert-OH is 1. The molecule has 33 heavy (non-hydrogen) atoms. The molecule has 3 unspecified atom stereocenters. The smallest absolute Gasteiger partial charge is 0.193 e. The van der Waals surface area contributed by atoms with Gasteiger partial charge in [0.05, 0.1) is 25.1 Å². The monoisotopic (exact) mass is 466 g/mol. The Kier molecular flexibility index (Phi) is 6.96. The Morgan fingerprint density at radius 2 is 1.48 bits per heavy atom. The first kappa shape index (κ1) is 23.1. The second-order valence-corrected chi connectivity index (χ2v) is 10.8. The number of benzene rings is 2. The quantitative estimate of drug-likeness (QED) is 0.242. The predicted octanol–water partition coefficient (Wildman–Crippen LogP) is 5.07. The van der Waals surface area contributed by atoms with E-state index in [4.69, 9.17) is 9.47 Å². The molecule has 3 aliphatic heterocycles. The molecule has 2 aromatic carbocycles. The van der Waals surface area contributed by atoms with E-state index < -0.39 is 11.9 Å². The van der Waals surface area contributed by atoms with Crippen molar-refractivity contribution in [3.8, 4) is 0 Å². The maximum absolute atomic E-state index is 11.8. The second kappa shape index (κ2) is 9.93. The third-order valence-electron chi connectivity index (χ3n) is 7.93. The molecule has 4 nitrogen and oxygen atoms in total. The molecule has 0 saturated carbocycles. The molecule has 3 aliphatic rings. The number of aliphatic hydroxyl groups is 1. The summed E-state index contributed by atoms with van der Waals surface area (Å²) in [6.45, 7) is 4.69. The van der Waals surface area contributed by atoms with Gasteiger partial charge in [-0.1, -0.05) is 67.6 Å². The molecule has 0 radical (unpaired) electrons. The van der Waals surface area contributed by atoms with E-state index in [-0.39, 0.29) is 6.10 Å². The number of nitrogens with zero attached hydrogens (tertiary/aromatic N) is 1. The molecule has 5 heteroatoms. The molecule has 2 aromatic rings. The number of rotatable bonds is 9.